The van der Waals surface area contributed by atoms with Crippen molar-refractivity contribution in [1.82, 2.24) is 0 Å². The van der Waals surface area contributed by atoms with E-state index >= 15 is 0 Å². The van der Waals surface area contributed by atoms with Crippen LogP contribution in [0.1, 0.15) is 77.6 Å². The summed E-state index contributed by atoms with van der Waals surface area (Å²) in [5, 5.41) is 17.0. The molecule has 0 aromatic rings. The van der Waals surface area contributed by atoms with E-state index in [4.69, 9.17) is 10.4 Å². The Morgan fingerprint density at radius 2 is 1.25 bits per heavy atom. The fourth-order valence-corrected chi connectivity index (χ4v) is 1.86. The second-order valence-corrected chi connectivity index (χ2v) is 4.53. The molecule has 0 aliphatic rings. The van der Waals surface area contributed by atoms with Gasteiger partial charge >= 0.3 is 0 Å². The van der Waals surface area contributed by atoms with Crippen molar-refractivity contribution in [1.29, 1.82) is 0 Å². The van der Waals surface area contributed by atoms with E-state index in [1.54, 1.807) is 0 Å². The van der Waals surface area contributed by atoms with Crippen LogP contribution >= 0.6 is 0 Å². The van der Waals surface area contributed by atoms with Crippen LogP contribution in [-0.4, -0.2) is 16.7 Å². The second-order valence-electron chi connectivity index (χ2n) is 4.53. The monoisotopic (exact) mass is 232 g/mol. The highest BCUT2D eigenvalue weighted by Gasteiger charge is 2.01. The lowest BCUT2D eigenvalue weighted by atomic mass is 10.1. The molecule has 16 heavy (non-hydrogen) atoms. The molecule has 0 bridgehead atoms. The van der Waals surface area contributed by atoms with Gasteiger partial charge in [-0.05, 0) is 6.42 Å². The summed E-state index contributed by atoms with van der Waals surface area (Å²) < 4.78 is 0. The summed E-state index contributed by atoms with van der Waals surface area (Å²) in [6, 6.07) is 0. The number of aliphatic hydroxyl groups is 1. The summed E-state index contributed by atoms with van der Waals surface area (Å²) in [5.74, 6) is 0. The number of aliphatic hydroxyl groups excluding tert-OH is 1. The first kappa shape index (κ1) is 15.9. The lowest BCUT2D eigenvalue weighted by Crippen LogP contribution is -2.08. The van der Waals surface area contributed by atoms with Crippen LogP contribution < -0.4 is 0 Å². The predicted molar refractivity (Wildman–Crippen MR) is 66.2 cm³/mol. The van der Waals surface area contributed by atoms with E-state index in [1.807, 2.05) is 0 Å². The molecule has 0 aliphatic heterocycles. The standard InChI is InChI=1S/C13H28O3/c1-2-3-4-5-6-7-8-9-10-11-12-13(14)16-15/h13-15H,2-12H2,1H3. The van der Waals surface area contributed by atoms with Crippen molar-refractivity contribution in [2.75, 3.05) is 0 Å². The molecule has 98 valence electrons. The average Bonchev–Trinajstić information content (AvgIpc) is 2.31. The summed E-state index contributed by atoms with van der Waals surface area (Å²) in [6.07, 6.45) is 12.3. The van der Waals surface area contributed by atoms with Crippen molar-refractivity contribution in [3.8, 4) is 0 Å². The molecule has 1 unspecified atom stereocenters. The normalized spacial score (nSPS) is 12.9. The van der Waals surface area contributed by atoms with E-state index in [2.05, 4.69) is 11.8 Å². The van der Waals surface area contributed by atoms with Gasteiger partial charge in [-0.2, -0.15) is 0 Å². The van der Waals surface area contributed by atoms with E-state index in [9.17, 15) is 0 Å². The number of rotatable bonds is 12. The topological polar surface area (TPSA) is 49.7 Å². The molecule has 0 aromatic carbocycles. The number of hydrogen-bond acceptors (Lipinski definition) is 3. The lowest BCUT2D eigenvalue weighted by Gasteiger charge is -2.05. The minimum Gasteiger partial charge on any atom is -0.366 e. The smallest absolute Gasteiger partial charge is 0.188 e. The quantitative estimate of drug-likeness (QED) is 0.230. The van der Waals surface area contributed by atoms with Gasteiger partial charge in [0.15, 0.2) is 6.29 Å². The molecule has 0 saturated heterocycles. The molecular weight excluding hydrogens is 204 g/mol. The summed E-state index contributed by atoms with van der Waals surface area (Å²) in [7, 11) is 0. The maximum Gasteiger partial charge on any atom is 0.188 e. The molecule has 3 nitrogen and oxygen atoms in total. The fourth-order valence-electron chi connectivity index (χ4n) is 1.86. The van der Waals surface area contributed by atoms with Gasteiger partial charge in [-0.15, -0.1) is 0 Å². The van der Waals surface area contributed by atoms with Crippen molar-refractivity contribution in [2.45, 2.75) is 83.8 Å². The fraction of sp³-hybridized carbons (Fsp3) is 1.00. The van der Waals surface area contributed by atoms with Crippen LogP contribution in [0.2, 0.25) is 0 Å². The highest BCUT2D eigenvalue weighted by atomic mass is 17.1. The molecule has 0 fully saturated rings. The zero-order valence-corrected chi connectivity index (χ0v) is 10.7. The Balaban J connectivity index is 2.93. The molecule has 0 spiro atoms. The summed E-state index contributed by atoms with van der Waals surface area (Å²) in [6.45, 7) is 2.24. The average molecular weight is 232 g/mol. The second kappa shape index (κ2) is 12.9. The summed E-state index contributed by atoms with van der Waals surface area (Å²) >= 11 is 0. The minimum atomic E-state index is -0.992. The van der Waals surface area contributed by atoms with Crippen LogP contribution in [0.5, 0.6) is 0 Å². The van der Waals surface area contributed by atoms with E-state index < -0.39 is 6.29 Å². The van der Waals surface area contributed by atoms with Gasteiger partial charge in [0.05, 0.1) is 0 Å². The van der Waals surface area contributed by atoms with E-state index in [-0.39, 0.29) is 0 Å². The maximum absolute atomic E-state index is 8.91. The highest BCUT2D eigenvalue weighted by Crippen LogP contribution is 2.11. The van der Waals surface area contributed by atoms with Gasteiger partial charge in [-0.3, -0.25) is 0 Å². The van der Waals surface area contributed by atoms with Crippen molar-refractivity contribution >= 4 is 0 Å². The predicted octanol–water partition coefficient (Wildman–Crippen LogP) is 4.11. The van der Waals surface area contributed by atoms with Crippen LogP contribution in [0.4, 0.5) is 0 Å². The van der Waals surface area contributed by atoms with Crippen LogP contribution in [0.15, 0.2) is 0 Å². The Morgan fingerprint density at radius 3 is 1.69 bits per heavy atom. The van der Waals surface area contributed by atoms with Gasteiger partial charge in [-0.1, -0.05) is 64.7 Å². The van der Waals surface area contributed by atoms with Crippen LogP contribution in [0.3, 0.4) is 0 Å². The molecule has 0 aliphatic carbocycles. The molecule has 0 amide bonds. The van der Waals surface area contributed by atoms with Crippen molar-refractivity contribution in [3.05, 3.63) is 0 Å². The van der Waals surface area contributed by atoms with Crippen molar-refractivity contribution in [2.24, 2.45) is 0 Å². The third-order valence-electron chi connectivity index (χ3n) is 2.93. The van der Waals surface area contributed by atoms with Gasteiger partial charge in [-0.25, -0.2) is 10.1 Å². The highest BCUT2D eigenvalue weighted by molar-refractivity contribution is 4.48. The Hall–Kier alpha value is -0.120. The Morgan fingerprint density at radius 1 is 0.812 bits per heavy atom. The first-order chi connectivity index (χ1) is 7.81. The SMILES string of the molecule is CCCCCCCCCCCCC(O)OO. The molecule has 0 radical (unpaired) electrons. The van der Waals surface area contributed by atoms with Gasteiger partial charge in [0.2, 0.25) is 0 Å². The Bertz CT molecular complexity index is 128. The number of unbranched alkanes of at least 4 members (excludes halogenated alkanes) is 9. The zero-order valence-electron chi connectivity index (χ0n) is 10.7. The lowest BCUT2D eigenvalue weighted by molar-refractivity contribution is -0.335. The molecular formula is C13H28O3. The van der Waals surface area contributed by atoms with Crippen molar-refractivity contribution < 1.29 is 15.3 Å². The molecule has 1 atom stereocenters. The number of hydrogen-bond donors (Lipinski definition) is 2. The van der Waals surface area contributed by atoms with Crippen molar-refractivity contribution in [3.63, 3.8) is 0 Å². The Labute approximate surface area is 99.7 Å². The first-order valence-corrected chi connectivity index (χ1v) is 6.79. The Kier molecular flexibility index (Phi) is 12.9. The van der Waals surface area contributed by atoms with Crippen LogP contribution in [0.25, 0.3) is 0 Å². The molecule has 3 heteroatoms. The van der Waals surface area contributed by atoms with Crippen LogP contribution in [0, 0.1) is 0 Å². The van der Waals surface area contributed by atoms with Crippen LogP contribution in [-0.2, 0) is 4.89 Å². The summed E-state index contributed by atoms with van der Waals surface area (Å²) in [5.41, 5.74) is 0. The van der Waals surface area contributed by atoms with E-state index in [1.165, 1.54) is 51.4 Å². The molecule has 0 rings (SSSR count). The minimum absolute atomic E-state index is 0.535. The largest absolute Gasteiger partial charge is 0.366 e. The molecule has 2 N–H and O–H groups in total. The third-order valence-corrected chi connectivity index (χ3v) is 2.93. The van der Waals surface area contributed by atoms with E-state index in [0.717, 1.165) is 12.8 Å². The van der Waals surface area contributed by atoms with Gasteiger partial charge in [0.1, 0.15) is 0 Å². The molecule has 0 heterocycles. The molecule has 0 aromatic heterocycles. The maximum atomic E-state index is 8.91. The van der Waals surface area contributed by atoms with Gasteiger partial charge in [0, 0.05) is 6.42 Å². The van der Waals surface area contributed by atoms with Gasteiger partial charge < -0.3 is 5.11 Å². The zero-order chi connectivity index (χ0) is 12.1. The van der Waals surface area contributed by atoms with Gasteiger partial charge in [0.25, 0.3) is 0 Å². The molecule has 0 saturated carbocycles. The first-order valence-electron chi connectivity index (χ1n) is 6.79. The summed E-state index contributed by atoms with van der Waals surface area (Å²) in [4.78, 5) is 3.79. The van der Waals surface area contributed by atoms with E-state index in [0.29, 0.717) is 6.42 Å². The third kappa shape index (κ3) is 12.0.